The van der Waals surface area contributed by atoms with Gasteiger partial charge in [-0.3, -0.25) is 0 Å². The molecule has 0 bridgehead atoms. The van der Waals surface area contributed by atoms with Crippen LogP contribution >= 0.6 is 11.3 Å². The highest BCUT2D eigenvalue weighted by Crippen LogP contribution is 2.22. The van der Waals surface area contributed by atoms with Crippen molar-refractivity contribution >= 4 is 22.2 Å². The lowest BCUT2D eigenvalue weighted by atomic mass is 10.2. The van der Waals surface area contributed by atoms with Gasteiger partial charge in [0.2, 0.25) is 0 Å². The molecule has 21 heavy (non-hydrogen) atoms. The van der Waals surface area contributed by atoms with Gasteiger partial charge in [0.25, 0.3) is 0 Å². The van der Waals surface area contributed by atoms with Gasteiger partial charge in [0.15, 0.2) is 5.13 Å². The molecule has 3 rings (SSSR count). The van der Waals surface area contributed by atoms with E-state index in [9.17, 15) is 0 Å². The molecule has 0 radical (unpaired) electrons. The summed E-state index contributed by atoms with van der Waals surface area (Å²) in [5, 5.41) is 6.55. The number of rotatable bonds is 5. The fraction of sp³-hybridized carbons (Fsp3) is 0.438. The summed E-state index contributed by atoms with van der Waals surface area (Å²) in [6, 6.07) is 8.94. The largest absolute Gasteiger partial charge is 0.368 e. The van der Waals surface area contributed by atoms with E-state index in [1.807, 2.05) is 11.6 Å². The van der Waals surface area contributed by atoms with E-state index in [4.69, 9.17) is 0 Å². The average Bonchev–Trinajstić information content (AvgIpc) is 3.08. The smallest absolute Gasteiger partial charge is 0.185 e. The number of thiazole rings is 1. The Bertz CT molecular complexity index is 530. The van der Waals surface area contributed by atoms with Crippen LogP contribution in [0.15, 0.2) is 35.8 Å². The van der Waals surface area contributed by atoms with E-state index in [0.717, 1.165) is 44.4 Å². The quantitative estimate of drug-likeness (QED) is 0.920. The minimum absolute atomic E-state index is 0.953. The van der Waals surface area contributed by atoms with E-state index in [0.29, 0.717) is 0 Å². The van der Waals surface area contributed by atoms with Gasteiger partial charge < -0.3 is 15.1 Å². The molecular weight excluding hydrogens is 280 g/mol. The van der Waals surface area contributed by atoms with Crippen LogP contribution in [-0.4, -0.2) is 37.7 Å². The standard InChI is InChI=1S/C16H22N4S/c1-2-17-13-14-3-5-15(6-4-14)19-8-10-20(11-9-19)16-18-7-12-21-16/h3-7,12,17H,2,8-11,13H2,1H3. The van der Waals surface area contributed by atoms with E-state index in [2.05, 4.69) is 51.3 Å². The molecule has 0 aliphatic carbocycles. The van der Waals surface area contributed by atoms with Crippen molar-refractivity contribution in [3.05, 3.63) is 41.4 Å². The zero-order chi connectivity index (χ0) is 14.5. The van der Waals surface area contributed by atoms with Gasteiger partial charge in [-0.25, -0.2) is 4.98 Å². The molecule has 1 aliphatic rings. The van der Waals surface area contributed by atoms with E-state index < -0.39 is 0 Å². The summed E-state index contributed by atoms with van der Waals surface area (Å²) in [6.07, 6.45) is 1.88. The van der Waals surface area contributed by atoms with E-state index in [1.54, 1.807) is 11.3 Å². The van der Waals surface area contributed by atoms with E-state index in [-0.39, 0.29) is 0 Å². The molecule has 0 saturated carbocycles. The minimum Gasteiger partial charge on any atom is -0.368 e. The van der Waals surface area contributed by atoms with Crippen LogP contribution in [0.3, 0.4) is 0 Å². The molecule has 1 fully saturated rings. The van der Waals surface area contributed by atoms with Gasteiger partial charge >= 0.3 is 0 Å². The zero-order valence-electron chi connectivity index (χ0n) is 12.5. The molecule has 2 heterocycles. The Hall–Kier alpha value is -1.59. The van der Waals surface area contributed by atoms with Gasteiger partial charge in [0.1, 0.15) is 0 Å². The van der Waals surface area contributed by atoms with Crippen LogP contribution in [0.5, 0.6) is 0 Å². The maximum Gasteiger partial charge on any atom is 0.185 e. The average molecular weight is 302 g/mol. The predicted molar refractivity (Wildman–Crippen MR) is 90.4 cm³/mol. The molecule has 2 aromatic rings. The number of hydrogen-bond acceptors (Lipinski definition) is 5. The van der Waals surface area contributed by atoms with Gasteiger partial charge in [-0.1, -0.05) is 19.1 Å². The van der Waals surface area contributed by atoms with E-state index in [1.165, 1.54) is 11.3 Å². The molecule has 0 atom stereocenters. The van der Waals surface area contributed by atoms with Crippen molar-refractivity contribution < 1.29 is 0 Å². The molecule has 0 amide bonds. The third kappa shape index (κ3) is 3.54. The first-order chi connectivity index (χ1) is 10.4. The molecule has 112 valence electrons. The highest BCUT2D eigenvalue weighted by molar-refractivity contribution is 7.13. The third-order valence-electron chi connectivity index (χ3n) is 3.85. The van der Waals surface area contributed by atoms with Crippen molar-refractivity contribution in [2.45, 2.75) is 13.5 Å². The molecule has 0 spiro atoms. The van der Waals surface area contributed by atoms with Gasteiger partial charge in [0, 0.05) is 50.0 Å². The van der Waals surface area contributed by atoms with Gasteiger partial charge in [0.05, 0.1) is 0 Å². The number of hydrogen-bond donors (Lipinski definition) is 1. The van der Waals surface area contributed by atoms with Crippen molar-refractivity contribution in [1.82, 2.24) is 10.3 Å². The maximum atomic E-state index is 4.40. The van der Waals surface area contributed by atoms with Crippen molar-refractivity contribution in [3.63, 3.8) is 0 Å². The first-order valence-electron chi connectivity index (χ1n) is 7.56. The van der Waals surface area contributed by atoms with Crippen LogP contribution in [0.25, 0.3) is 0 Å². The second-order valence-electron chi connectivity index (χ2n) is 5.24. The minimum atomic E-state index is 0.953. The van der Waals surface area contributed by atoms with Gasteiger partial charge in [-0.05, 0) is 24.2 Å². The number of piperazine rings is 1. The summed E-state index contributed by atoms with van der Waals surface area (Å²) < 4.78 is 0. The Morgan fingerprint density at radius 1 is 1.10 bits per heavy atom. The third-order valence-corrected chi connectivity index (χ3v) is 4.68. The normalized spacial score (nSPS) is 15.5. The lowest BCUT2D eigenvalue weighted by molar-refractivity contribution is 0.652. The van der Waals surface area contributed by atoms with Crippen LogP contribution in [0.1, 0.15) is 12.5 Å². The summed E-state index contributed by atoms with van der Waals surface area (Å²) in [5.41, 5.74) is 2.68. The molecule has 1 aromatic carbocycles. The number of nitrogens with zero attached hydrogens (tertiary/aromatic N) is 3. The van der Waals surface area contributed by atoms with Crippen molar-refractivity contribution in [3.8, 4) is 0 Å². The van der Waals surface area contributed by atoms with Crippen LogP contribution in [-0.2, 0) is 6.54 Å². The topological polar surface area (TPSA) is 31.4 Å². The molecule has 1 saturated heterocycles. The van der Waals surface area contributed by atoms with Crippen LogP contribution < -0.4 is 15.1 Å². The second kappa shape index (κ2) is 6.91. The Labute approximate surface area is 130 Å². The fourth-order valence-electron chi connectivity index (χ4n) is 2.62. The Balaban J connectivity index is 1.56. The zero-order valence-corrected chi connectivity index (χ0v) is 13.3. The van der Waals surface area contributed by atoms with Crippen LogP contribution in [0, 0.1) is 0 Å². The summed E-state index contributed by atoms with van der Waals surface area (Å²) in [4.78, 5) is 9.23. The van der Waals surface area contributed by atoms with Crippen molar-refractivity contribution in [2.75, 3.05) is 42.5 Å². The predicted octanol–water partition coefficient (Wildman–Crippen LogP) is 2.58. The molecule has 1 N–H and O–H groups in total. The maximum absolute atomic E-state index is 4.40. The first kappa shape index (κ1) is 14.4. The monoisotopic (exact) mass is 302 g/mol. The highest BCUT2D eigenvalue weighted by atomic mass is 32.1. The SMILES string of the molecule is CCNCc1ccc(N2CCN(c3nccs3)CC2)cc1. The lowest BCUT2D eigenvalue weighted by Crippen LogP contribution is -2.46. The number of anilines is 2. The molecule has 1 aromatic heterocycles. The fourth-order valence-corrected chi connectivity index (χ4v) is 3.32. The number of benzene rings is 1. The van der Waals surface area contributed by atoms with Crippen molar-refractivity contribution in [1.29, 1.82) is 0 Å². The molecule has 5 heteroatoms. The van der Waals surface area contributed by atoms with Crippen molar-refractivity contribution in [2.24, 2.45) is 0 Å². The van der Waals surface area contributed by atoms with Crippen LogP contribution in [0.2, 0.25) is 0 Å². The Kier molecular flexibility index (Phi) is 4.72. The van der Waals surface area contributed by atoms with Gasteiger partial charge in [-0.15, -0.1) is 11.3 Å². The Morgan fingerprint density at radius 2 is 1.81 bits per heavy atom. The molecule has 4 nitrogen and oxygen atoms in total. The first-order valence-corrected chi connectivity index (χ1v) is 8.44. The second-order valence-corrected chi connectivity index (χ2v) is 6.11. The number of nitrogens with one attached hydrogen (secondary N) is 1. The summed E-state index contributed by atoms with van der Waals surface area (Å²) in [5.74, 6) is 0. The summed E-state index contributed by atoms with van der Waals surface area (Å²) in [7, 11) is 0. The van der Waals surface area contributed by atoms with E-state index >= 15 is 0 Å². The molecule has 0 unspecified atom stereocenters. The molecule has 1 aliphatic heterocycles. The lowest BCUT2D eigenvalue weighted by Gasteiger charge is -2.36. The number of aromatic nitrogens is 1. The molecular formula is C16H22N4S. The van der Waals surface area contributed by atoms with Gasteiger partial charge in [-0.2, -0.15) is 0 Å². The van der Waals surface area contributed by atoms with Crippen LogP contribution in [0.4, 0.5) is 10.8 Å². The summed E-state index contributed by atoms with van der Waals surface area (Å²) in [6.45, 7) is 8.32. The Morgan fingerprint density at radius 3 is 2.43 bits per heavy atom. The summed E-state index contributed by atoms with van der Waals surface area (Å²) >= 11 is 1.73. The highest BCUT2D eigenvalue weighted by Gasteiger charge is 2.18.